The summed E-state index contributed by atoms with van der Waals surface area (Å²) < 4.78 is 0. The maximum absolute atomic E-state index is 11.4. The molecule has 0 spiro atoms. The smallest absolute Gasteiger partial charge is 0.222 e. The fourth-order valence-corrected chi connectivity index (χ4v) is 2.02. The van der Waals surface area contributed by atoms with Crippen LogP contribution in [-0.2, 0) is 4.79 Å². The number of pyridine rings is 1. The quantitative estimate of drug-likeness (QED) is 0.824. The molecule has 1 amide bonds. The summed E-state index contributed by atoms with van der Waals surface area (Å²) in [5.41, 5.74) is 1.97. The molecule has 1 fully saturated rings. The first-order valence-electron chi connectivity index (χ1n) is 5.82. The molecule has 1 aromatic rings. The van der Waals surface area contributed by atoms with Crippen LogP contribution in [0, 0.1) is 0 Å². The summed E-state index contributed by atoms with van der Waals surface area (Å²) in [5, 5.41) is 6.46. The van der Waals surface area contributed by atoms with Crippen LogP contribution in [0.2, 0.25) is 0 Å². The summed E-state index contributed by atoms with van der Waals surface area (Å²) in [6.45, 7) is 0.753. The van der Waals surface area contributed by atoms with Gasteiger partial charge in [0.2, 0.25) is 5.91 Å². The lowest BCUT2D eigenvalue weighted by atomic mass is 10.1. The third kappa shape index (κ3) is 2.87. The Balaban J connectivity index is 1.98. The number of carbonyl (C=O) groups is 1. The fraction of sp³-hybridized carbons (Fsp3) is 0.500. The van der Waals surface area contributed by atoms with E-state index in [4.69, 9.17) is 0 Å². The third-order valence-corrected chi connectivity index (χ3v) is 3.02. The molecule has 1 saturated heterocycles. The molecule has 5 heteroatoms. The van der Waals surface area contributed by atoms with Crippen LogP contribution in [0.25, 0.3) is 0 Å². The lowest BCUT2D eigenvalue weighted by molar-refractivity contribution is -0.132. The van der Waals surface area contributed by atoms with Gasteiger partial charge in [-0.15, -0.1) is 0 Å². The molecule has 1 unspecified atom stereocenters. The Kier molecular flexibility index (Phi) is 3.46. The maximum Gasteiger partial charge on any atom is 0.222 e. The Hall–Kier alpha value is -1.78. The van der Waals surface area contributed by atoms with Gasteiger partial charge < -0.3 is 15.5 Å². The Morgan fingerprint density at radius 1 is 1.41 bits per heavy atom. The zero-order chi connectivity index (χ0) is 12.3. The van der Waals surface area contributed by atoms with E-state index in [0.717, 1.165) is 24.3 Å². The van der Waals surface area contributed by atoms with Gasteiger partial charge in [-0.3, -0.25) is 9.78 Å². The predicted molar refractivity (Wildman–Crippen MR) is 68.1 cm³/mol. The van der Waals surface area contributed by atoms with Crippen LogP contribution in [0.15, 0.2) is 18.5 Å². The lowest BCUT2D eigenvalue weighted by Gasteiger charge is -2.30. The van der Waals surface area contributed by atoms with Gasteiger partial charge in [-0.1, -0.05) is 0 Å². The molecule has 5 nitrogen and oxygen atoms in total. The normalized spacial score (nSPS) is 20.2. The molecule has 0 saturated carbocycles. The minimum atomic E-state index is 0.227. The van der Waals surface area contributed by atoms with Crippen molar-refractivity contribution >= 4 is 17.3 Å². The largest absolute Gasteiger partial charge is 0.387 e. The van der Waals surface area contributed by atoms with Crippen molar-refractivity contribution in [1.82, 2.24) is 9.88 Å². The summed E-state index contributed by atoms with van der Waals surface area (Å²) in [7, 11) is 3.71. The van der Waals surface area contributed by atoms with Crippen molar-refractivity contribution in [3.05, 3.63) is 18.5 Å². The molecular weight excluding hydrogens is 216 g/mol. The molecule has 2 heterocycles. The first kappa shape index (κ1) is 11.7. The number of hydrogen-bond donors (Lipinski definition) is 2. The van der Waals surface area contributed by atoms with E-state index in [2.05, 4.69) is 15.6 Å². The minimum absolute atomic E-state index is 0.227. The van der Waals surface area contributed by atoms with E-state index < -0.39 is 0 Å². The third-order valence-electron chi connectivity index (χ3n) is 3.02. The maximum atomic E-state index is 11.4. The number of nitrogens with one attached hydrogen (secondary N) is 2. The van der Waals surface area contributed by atoms with Gasteiger partial charge in [0.15, 0.2) is 0 Å². The predicted octanol–water partition coefficient (Wildman–Crippen LogP) is 1.16. The highest BCUT2D eigenvalue weighted by Gasteiger charge is 2.22. The van der Waals surface area contributed by atoms with Crippen molar-refractivity contribution in [2.45, 2.75) is 18.9 Å². The molecule has 1 aliphatic heterocycles. The van der Waals surface area contributed by atoms with E-state index in [9.17, 15) is 4.79 Å². The minimum Gasteiger partial charge on any atom is -0.387 e. The Morgan fingerprint density at radius 2 is 2.18 bits per heavy atom. The van der Waals surface area contributed by atoms with E-state index in [1.807, 2.05) is 20.2 Å². The molecule has 0 bridgehead atoms. The van der Waals surface area contributed by atoms with Crippen molar-refractivity contribution in [2.24, 2.45) is 0 Å². The van der Waals surface area contributed by atoms with Crippen LogP contribution in [0.3, 0.4) is 0 Å². The van der Waals surface area contributed by atoms with E-state index in [1.54, 1.807) is 17.3 Å². The average molecular weight is 234 g/mol. The zero-order valence-corrected chi connectivity index (χ0v) is 10.2. The van der Waals surface area contributed by atoms with Gasteiger partial charge in [-0.25, -0.2) is 0 Å². The van der Waals surface area contributed by atoms with Crippen LogP contribution in [0.5, 0.6) is 0 Å². The van der Waals surface area contributed by atoms with Crippen molar-refractivity contribution in [2.75, 3.05) is 31.3 Å². The SMILES string of the molecule is CNc1cncc(NC2CCC(=O)N(C)C2)c1. The number of anilines is 2. The zero-order valence-electron chi connectivity index (χ0n) is 10.2. The number of likely N-dealkylation sites (N-methyl/N-ethyl adjacent to an activating group) is 1. The lowest BCUT2D eigenvalue weighted by Crippen LogP contribution is -2.43. The fourth-order valence-electron chi connectivity index (χ4n) is 2.02. The summed E-state index contributed by atoms with van der Waals surface area (Å²) in [5.74, 6) is 0.227. The molecule has 2 rings (SSSR count). The number of nitrogens with zero attached hydrogens (tertiary/aromatic N) is 2. The molecular formula is C12H18N4O. The van der Waals surface area contributed by atoms with Crippen LogP contribution in [0.1, 0.15) is 12.8 Å². The number of rotatable bonds is 3. The van der Waals surface area contributed by atoms with Crippen LogP contribution < -0.4 is 10.6 Å². The molecule has 92 valence electrons. The molecule has 0 aromatic carbocycles. The molecule has 0 radical (unpaired) electrons. The second kappa shape index (κ2) is 5.03. The Labute approximate surface area is 101 Å². The highest BCUT2D eigenvalue weighted by molar-refractivity contribution is 5.77. The summed E-state index contributed by atoms with van der Waals surface area (Å²) in [4.78, 5) is 17.3. The second-order valence-corrected chi connectivity index (χ2v) is 4.37. The van der Waals surface area contributed by atoms with E-state index in [0.29, 0.717) is 12.5 Å². The van der Waals surface area contributed by atoms with Gasteiger partial charge in [-0.2, -0.15) is 0 Å². The highest BCUT2D eigenvalue weighted by atomic mass is 16.2. The first-order chi connectivity index (χ1) is 8.19. The van der Waals surface area contributed by atoms with Gasteiger partial charge in [-0.05, 0) is 12.5 Å². The monoisotopic (exact) mass is 234 g/mol. The van der Waals surface area contributed by atoms with Crippen molar-refractivity contribution < 1.29 is 4.79 Å². The molecule has 1 aromatic heterocycles. The number of carbonyl (C=O) groups excluding carboxylic acids is 1. The molecule has 1 aliphatic rings. The average Bonchev–Trinajstić information content (AvgIpc) is 2.34. The summed E-state index contributed by atoms with van der Waals surface area (Å²) in [6, 6.07) is 2.33. The standard InChI is InChI=1S/C12H18N4O/c1-13-10-5-11(7-14-6-10)15-9-3-4-12(17)16(2)8-9/h5-7,9,13,15H,3-4,8H2,1-2H3. The van der Waals surface area contributed by atoms with Gasteiger partial charge in [0.1, 0.15) is 0 Å². The molecule has 0 aliphatic carbocycles. The van der Waals surface area contributed by atoms with Crippen molar-refractivity contribution in [3.8, 4) is 0 Å². The van der Waals surface area contributed by atoms with Gasteiger partial charge in [0.05, 0.1) is 23.8 Å². The first-order valence-corrected chi connectivity index (χ1v) is 5.82. The summed E-state index contributed by atoms with van der Waals surface area (Å²) >= 11 is 0. The Morgan fingerprint density at radius 3 is 2.88 bits per heavy atom. The number of aromatic nitrogens is 1. The van der Waals surface area contributed by atoms with Crippen molar-refractivity contribution in [1.29, 1.82) is 0 Å². The summed E-state index contributed by atoms with van der Waals surface area (Å²) in [6.07, 6.45) is 5.08. The van der Waals surface area contributed by atoms with Crippen LogP contribution in [0.4, 0.5) is 11.4 Å². The van der Waals surface area contributed by atoms with Gasteiger partial charge in [0.25, 0.3) is 0 Å². The highest BCUT2D eigenvalue weighted by Crippen LogP contribution is 2.17. The van der Waals surface area contributed by atoms with Gasteiger partial charge >= 0.3 is 0 Å². The van der Waals surface area contributed by atoms with Crippen molar-refractivity contribution in [3.63, 3.8) is 0 Å². The molecule has 2 N–H and O–H groups in total. The second-order valence-electron chi connectivity index (χ2n) is 4.37. The number of piperidine rings is 1. The van der Waals surface area contributed by atoms with Crippen LogP contribution in [-0.4, -0.2) is 42.5 Å². The molecule has 1 atom stereocenters. The van der Waals surface area contributed by atoms with E-state index in [-0.39, 0.29) is 5.91 Å². The number of hydrogen-bond acceptors (Lipinski definition) is 4. The van der Waals surface area contributed by atoms with Gasteiger partial charge in [0, 0.05) is 33.1 Å². The number of amides is 1. The van der Waals surface area contributed by atoms with E-state index in [1.165, 1.54) is 0 Å². The molecule has 17 heavy (non-hydrogen) atoms. The Bertz CT molecular complexity index is 407. The van der Waals surface area contributed by atoms with Crippen LogP contribution >= 0.6 is 0 Å². The number of likely N-dealkylation sites (tertiary alicyclic amines) is 1. The topological polar surface area (TPSA) is 57.3 Å². The van der Waals surface area contributed by atoms with E-state index >= 15 is 0 Å².